The number of carbonyl (C=O) groups is 2. The van der Waals surface area contributed by atoms with Crippen molar-refractivity contribution in [3.8, 4) is 0 Å². The Bertz CT molecular complexity index is 1070. The highest BCUT2D eigenvalue weighted by atomic mass is 32.1. The number of hydrogen-bond acceptors (Lipinski definition) is 7. The van der Waals surface area contributed by atoms with Crippen molar-refractivity contribution in [1.82, 2.24) is 5.09 Å². The molecule has 1 heterocycles. The van der Waals surface area contributed by atoms with Gasteiger partial charge in [-0.25, -0.2) is 14.3 Å². The summed E-state index contributed by atoms with van der Waals surface area (Å²) in [5.41, 5.74) is 0.130. The van der Waals surface area contributed by atoms with E-state index >= 15 is 4.39 Å². The van der Waals surface area contributed by atoms with Crippen LogP contribution in [-0.4, -0.2) is 37.3 Å². The topological polar surface area (TPSA) is 90.9 Å². The molecule has 0 radical (unpaired) electrons. The Morgan fingerprint density at radius 1 is 1.27 bits per heavy atom. The molecule has 3 atom stereocenters. The third-order valence-electron chi connectivity index (χ3n) is 4.76. The number of halogens is 1. The predicted octanol–water partition coefficient (Wildman–Crippen LogP) is 5.76. The van der Waals surface area contributed by atoms with Gasteiger partial charge in [0.15, 0.2) is 0 Å². The highest BCUT2D eigenvalue weighted by Gasteiger charge is 2.43. The number of alkyl halides is 1. The third-order valence-corrected chi connectivity index (χ3v) is 8.11. The van der Waals surface area contributed by atoms with Crippen LogP contribution in [-0.2, 0) is 23.4 Å². The standard InChI is InChI=1S/C23H29FNO6PS/c1-5-10-29-23(27)20-12-17-11-16(6-9-19(17)33-20)21(24)32(28,31-18-7-8-18)25-15(4)22(26)30-13-14(2)3/h5-6,9,11-12,14-15,18,21H,1,7-8,10,13H2,2-4H3,(H,25,28). The van der Waals surface area contributed by atoms with Crippen molar-refractivity contribution in [3.63, 3.8) is 0 Å². The zero-order chi connectivity index (χ0) is 24.2. The molecule has 33 heavy (non-hydrogen) atoms. The zero-order valence-corrected chi connectivity index (χ0v) is 20.6. The molecule has 0 saturated heterocycles. The second-order valence-corrected chi connectivity index (χ2v) is 11.6. The maximum atomic E-state index is 15.7. The molecule has 1 aromatic carbocycles. The molecule has 1 aliphatic rings. The van der Waals surface area contributed by atoms with E-state index in [2.05, 4.69) is 11.7 Å². The molecule has 1 N–H and O–H groups in total. The Hall–Kier alpha value is -2.06. The summed E-state index contributed by atoms with van der Waals surface area (Å²) in [5.74, 6) is -2.97. The fourth-order valence-electron chi connectivity index (χ4n) is 2.95. The van der Waals surface area contributed by atoms with Crippen LogP contribution >= 0.6 is 18.9 Å². The lowest BCUT2D eigenvalue weighted by molar-refractivity contribution is -0.146. The summed E-state index contributed by atoms with van der Waals surface area (Å²) in [7, 11) is -4.11. The van der Waals surface area contributed by atoms with Gasteiger partial charge in [-0.2, -0.15) is 0 Å². The number of fused-ring (bicyclic) bond motifs is 1. The van der Waals surface area contributed by atoms with Gasteiger partial charge in [0, 0.05) is 4.70 Å². The largest absolute Gasteiger partial charge is 0.464 e. The molecule has 1 aromatic heterocycles. The maximum absolute atomic E-state index is 15.7. The molecule has 3 rings (SSSR count). The first kappa shape index (κ1) is 25.6. The van der Waals surface area contributed by atoms with Gasteiger partial charge in [-0.1, -0.05) is 32.6 Å². The summed E-state index contributed by atoms with van der Waals surface area (Å²) in [6.07, 6.45) is 2.53. The summed E-state index contributed by atoms with van der Waals surface area (Å²) in [6, 6.07) is 5.30. The van der Waals surface area contributed by atoms with Crippen LogP contribution in [0, 0.1) is 5.92 Å². The number of thiophene rings is 1. The van der Waals surface area contributed by atoms with Gasteiger partial charge in [-0.15, -0.1) is 11.3 Å². The van der Waals surface area contributed by atoms with Crippen molar-refractivity contribution in [3.05, 3.63) is 47.4 Å². The molecule has 3 unspecified atom stereocenters. The van der Waals surface area contributed by atoms with Crippen LogP contribution in [0.4, 0.5) is 4.39 Å². The van der Waals surface area contributed by atoms with Gasteiger partial charge < -0.3 is 14.0 Å². The highest BCUT2D eigenvalue weighted by molar-refractivity contribution is 7.57. The van der Waals surface area contributed by atoms with E-state index in [1.165, 1.54) is 36.5 Å². The van der Waals surface area contributed by atoms with Crippen LogP contribution in [0.15, 0.2) is 36.9 Å². The number of rotatable bonds is 12. The molecule has 10 heteroatoms. The minimum absolute atomic E-state index is 0.0933. The fourth-order valence-corrected chi connectivity index (χ4v) is 6.04. The number of carbonyl (C=O) groups excluding carboxylic acids is 2. The SMILES string of the molecule is C=CCOC(=O)c1cc2cc(C(F)P(=O)(NC(C)C(=O)OCC(C)C)OC3CC3)ccc2s1. The second kappa shape index (κ2) is 10.9. The lowest BCUT2D eigenvalue weighted by Crippen LogP contribution is -2.35. The number of benzene rings is 1. The van der Waals surface area contributed by atoms with Gasteiger partial charge in [0.2, 0.25) is 5.91 Å². The van der Waals surface area contributed by atoms with Crippen molar-refractivity contribution in [2.24, 2.45) is 5.92 Å². The highest BCUT2D eigenvalue weighted by Crippen LogP contribution is 2.61. The lowest BCUT2D eigenvalue weighted by Gasteiger charge is -2.26. The van der Waals surface area contributed by atoms with Gasteiger partial charge >= 0.3 is 19.5 Å². The molecule has 0 bridgehead atoms. The van der Waals surface area contributed by atoms with Crippen molar-refractivity contribution in [2.45, 2.75) is 51.7 Å². The normalized spacial score (nSPS) is 17.4. The van der Waals surface area contributed by atoms with Gasteiger partial charge in [0.05, 0.1) is 12.7 Å². The van der Waals surface area contributed by atoms with Crippen LogP contribution in [0.3, 0.4) is 0 Å². The van der Waals surface area contributed by atoms with Crippen molar-refractivity contribution >= 4 is 40.9 Å². The Labute approximate surface area is 196 Å². The Morgan fingerprint density at radius 2 is 2.00 bits per heavy atom. The van der Waals surface area contributed by atoms with Crippen molar-refractivity contribution < 1.29 is 32.5 Å². The molecular formula is C23H29FNO6PS. The van der Waals surface area contributed by atoms with Crippen molar-refractivity contribution in [1.29, 1.82) is 0 Å². The Morgan fingerprint density at radius 3 is 2.64 bits per heavy atom. The van der Waals surface area contributed by atoms with Gasteiger partial charge in [0.1, 0.15) is 17.5 Å². The molecule has 0 spiro atoms. The smallest absolute Gasteiger partial charge is 0.348 e. The fraction of sp³-hybridized carbons (Fsp3) is 0.478. The first-order chi connectivity index (χ1) is 15.6. The zero-order valence-electron chi connectivity index (χ0n) is 18.9. The minimum atomic E-state index is -4.11. The maximum Gasteiger partial charge on any atom is 0.348 e. The summed E-state index contributed by atoms with van der Waals surface area (Å²) >= 11 is 1.22. The van der Waals surface area contributed by atoms with Crippen LogP contribution in [0.5, 0.6) is 0 Å². The van der Waals surface area contributed by atoms with E-state index < -0.39 is 31.4 Å². The quantitative estimate of drug-likeness (QED) is 0.226. The Balaban J connectivity index is 1.81. The first-order valence-corrected chi connectivity index (χ1v) is 13.3. The van der Waals surface area contributed by atoms with Crippen LogP contribution in [0.1, 0.15) is 54.8 Å². The summed E-state index contributed by atoms with van der Waals surface area (Å²) in [5, 5.41) is 3.20. The number of nitrogens with one attached hydrogen (secondary N) is 1. The van der Waals surface area contributed by atoms with E-state index in [1.54, 1.807) is 12.1 Å². The molecule has 0 amide bonds. The van der Waals surface area contributed by atoms with E-state index in [1.807, 2.05) is 13.8 Å². The molecule has 1 saturated carbocycles. The van der Waals surface area contributed by atoms with Gasteiger partial charge in [-0.05, 0) is 54.8 Å². The van der Waals surface area contributed by atoms with E-state index in [0.717, 1.165) is 4.70 Å². The van der Waals surface area contributed by atoms with Crippen LogP contribution in [0.25, 0.3) is 10.1 Å². The number of esters is 2. The van der Waals surface area contributed by atoms with Gasteiger partial charge in [-0.3, -0.25) is 9.36 Å². The average molecular weight is 498 g/mol. The molecular weight excluding hydrogens is 468 g/mol. The first-order valence-electron chi connectivity index (χ1n) is 10.8. The average Bonchev–Trinajstić information content (AvgIpc) is 3.48. The second-order valence-electron chi connectivity index (χ2n) is 8.41. The molecule has 2 aromatic rings. The van der Waals surface area contributed by atoms with E-state index in [-0.39, 0.29) is 30.8 Å². The summed E-state index contributed by atoms with van der Waals surface area (Å²) in [6.45, 7) is 9.08. The van der Waals surface area contributed by atoms with Crippen LogP contribution in [0.2, 0.25) is 0 Å². The molecule has 1 fully saturated rings. The lowest BCUT2D eigenvalue weighted by atomic mass is 10.2. The molecule has 7 nitrogen and oxygen atoms in total. The summed E-state index contributed by atoms with van der Waals surface area (Å²) < 4.78 is 45.8. The minimum Gasteiger partial charge on any atom is -0.464 e. The third kappa shape index (κ3) is 6.73. The van der Waals surface area contributed by atoms with Crippen LogP contribution < -0.4 is 5.09 Å². The predicted molar refractivity (Wildman–Crippen MR) is 126 cm³/mol. The van der Waals surface area contributed by atoms with Gasteiger partial charge in [0.25, 0.3) is 0 Å². The molecule has 180 valence electrons. The molecule has 1 aliphatic carbocycles. The van der Waals surface area contributed by atoms with Crippen molar-refractivity contribution in [2.75, 3.05) is 13.2 Å². The Kier molecular flexibility index (Phi) is 8.45. The number of hydrogen-bond donors (Lipinski definition) is 1. The van der Waals surface area contributed by atoms with E-state index in [4.69, 9.17) is 14.0 Å². The van der Waals surface area contributed by atoms with E-state index in [9.17, 15) is 14.2 Å². The summed E-state index contributed by atoms with van der Waals surface area (Å²) in [4.78, 5) is 24.7. The number of ether oxygens (including phenoxy) is 2. The van der Waals surface area contributed by atoms with E-state index in [0.29, 0.717) is 23.1 Å². The molecule has 0 aliphatic heterocycles. The monoisotopic (exact) mass is 497 g/mol.